The summed E-state index contributed by atoms with van der Waals surface area (Å²) < 4.78 is 1.98. The number of hydrogen-bond acceptors (Lipinski definition) is 3. The van der Waals surface area contributed by atoms with Crippen LogP contribution in [0, 0.1) is 0 Å². The molecule has 0 fully saturated rings. The van der Waals surface area contributed by atoms with Crippen LogP contribution in [0.4, 0.5) is 0 Å². The van der Waals surface area contributed by atoms with Crippen LogP contribution in [0.25, 0.3) is 0 Å². The van der Waals surface area contributed by atoms with Gasteiger partial charge in [0.05, 0.1) is 0 Å². The first kappa shape index (κ1) is 15.7. The molecule has 0 unspecified atom stereocenters. The molecule has 2 aromatic rings. The predicted molar refractivity (Wildman–Crippen MR) is 85.0 cm³/mol. The van der Waals surface area contributed by atoms with E-state index in [4.69, 9.17) is 0 Å². The third-order valence-electron chi connectivity index (χ3n) is 3.79. The minimum absolute atomic E-state index is 0.956. The molecule has 0 atom stereocenters. The summed E-state index contributed by atoms with van der Waals surface area (Å²) in [6.45, 7) is 3.15. The average molecular weight is 286 g/mol. The molecule has 0 bridgehead atoms. The zero-order chi connectivity index (χ0) is 14.8. The molecule has 1 aromatic carbocycles. The number of hydrogen-bond donors (Lipinski definition) is 0. The lowest BCUT2D eigenvalue weighted by molar-refractivity contribution is 0.504. The number of aromatic nitrogens is 4. The first-order chi connectivity index (χ1) is 10.4. The van der Waals surface area contributed by atoms with Crippen molar-refractivity contribution in [1.82, 2.24) is 20.2 Å². The average Bonchev–Trinajstić information content (AvgIpc) is 2.97. The van der Waals surface area contributed by atoms with Crippen LogP contribution in [0.2, 0.25) is 0 Å². The second-order valence-corrected chi connectivity index (χ2v) is 5.57. The van der Waals surface area contributed by atoms with E-state index in [1.807, 2.05) is 4.68 Å². The zero-order valence-corrected chi connectivity index (χ0v) is 13.0. The molecule has 0 N–H and O–H groups in total. The van der Waals surface area contributed by atoms with Crippen LogP contribution in [-0.4, -0.2) is 20.2 Å². The molecule has 0 aliphatic rings. The molecular weight excluding hydrogens is 260 g/mol. The smallest absolute Gasteiger partial charge is 0.151 e. The molecule has 2 rings (SSSR count). The van der Waals surface area contributed by atoms with Gasteiger partial charge >= 0.3 is 0 Å². The third-order valence-corrected chi connectivity index (χ3v) is 3.79. The molecule has 0 amide bonds. The number of benzene rings is 1. The lowest BCUT2D eigenvalue weighted by Crippen LogP contribution is -2.06. The van der Waals surface area contributed by atoms with Crippen LogP contribution in [-0.2, 0) is 19.4 Å². The molecule has 21 heavy (non-hydrogen) atoms. The van der Waals surface area contributed by atoms with Crippen molar-refractivity contribution in [2.45, 2.75) is 64.8 Å². The molecule has 0 saturated heterocycles. The van der Waals surface area contributed by atoms with E-state index in [1.54, 1.807) is 0 Å². The maximum absolute atomic E-state index is 4.11. The molecule has 0 aliphatic heterocycles. The Balaban J connectivity index is 1.58. The summed E-state index contributed by atoms with van der Waals surface area (Å²) in [6, 6.07) is 10.7. The van der Waals surface area contributed by atoms with Crippen molar-refractivity contribution in [2.24, 2.45) is 0 Å². The molecule has 0 saturated carbocycles. The molecule has 0 radical (unpaired) electrons. The maximum atomic E-state index is 4.11. The maximum Gasteiger partial charge on any atom is 0.151 e. The summed E-state index contributed by atoms with van der Waals surface area (Å²) in [7, 11) is 0. The highest BCUT2D eigenvalue weighted by Crippen LogP contribution is 2.09. The van der Waals surface area contributed by atoms with Gasteiger partial charge in [0, 0.05) is 13.0 Å². The number of unbranched alkanes of at least 4 members (excludes halogenated alkanes) is 4. The summed E-state index contributed by atoms with van der Waals surface area (Å²) in [5.74, 6) is 1.04. The van der Waals surface area contributed by atoms with Crippen molar-refractivity contribution < 1.29 is 0 Å². The van der Waals surface area contributed by atoms with Crippen LogP contribution in [0.1, 0.15) is 56.8 Å². The van der Waals surface area contributed by atoms with Gasteiger partial charge in [-0.05, 0) is 41.7 Å². The Morgan fingerprint density at radius 1 is 0.905 bits per heavy atom. The van der Waals surface area contributed by atoms with Crippen molar-refractivity contribution in [2.75, 3.05) is 0 Å². The van der Waals surface area contributed by atoms with E-state index in [0.29, 0.717) is 0 Å². The van der Waals surface area contributed by atoms with Crippen molar-refractivity contribution >= 4 is 0 Å². The van der Waals surface area contributed by atoms with E-state index in [-0.39, 0.29) is 0 Å². The van der Waals surface area contributed by atoms with Gasteiger partial charge in [-0.2, -0.15) is 0 Å². The van der Waals surface area contributed by atoms with E-state index in [9.17, 15) is 0 Å². The minimum Gasteiger partial charge on any atom is -0.230 e. The summed E-state index contributed by atoms with van der Waals surface area (Å²) in [6.07, 6.45) is 9.50. The molecule has 4 heteroatoms. The lowest BCUT2D eigenvalue weighted by Gasteiger charge is -2.04. The Morgan fingerprint density at radius 2 is 1.71 bits per heavy atom. The Morgan fingerprint density at radius 3 is 2.52 bits per heavy atom. The van der Waals surface area contributed by atoms with Gasteiger partial charge < -0.3 is 0 Å². The van der Waals surface area contributed by atoms with Gasteiger partial charge in [-0.25, -0.2) is 4.68 Å². The molecule has 4 nitrogen and oxygen atoms in total. The Hall–Kier alpha value is -1.71. The van der Waals surface area contributed by atoms with Gasteiger partial charge in [-0.1, -0.05) is 56.5 Å². The van der Waals surface area contributed by atoms with E-state index >= 15 is 0 Å². The van der Waals surface area contributed by atoms with Crippen LogP contribution < -0.4 is 0 Å². The highest BCUT2D eigenvalue weighted by atomic mass is 15.5. The van der Waals surface area contributed by atoms with Crippen molar-refractivity contribution in [3.8, 4) is 0 Å². The van der Waals surface area contributed by atoms with Crippen molar-refractivity contribution in [3.05, 3.63) is 41.7 Å². The van der Waals surface area contributed by atoms with Gasteiger partial charge in [0.2, 0.25) is 0 Å². The van der Waals surface area contributed by atoms with Crippen LogP contribution >= 0.6 is 0 Å². The van der Waals surface area contributed by atoms with Crippen LogP contribution in [0.5, 0.6) is 0 Å². The van der Waals surface area contributed by atoms with Gasteiger partial charge in [-0.3, -0.25) is 0 Å². The SMILES string of the molecule is CCCCc1nnnn1CCCCCCc1ccccc1. The standard InChI is InChI=1S/C17H26N4/c1-2-3-14-17-18-19-20-21(17)15-10-5-4-7-11-16-12-8-6-9-13-16/h6,8-9,12-13H,2-5,7,10-11,14-15H2,1H3. The fraction of sp³-hybridized carbons (Fsp3) is 0.588. The number of rotatable bonds is 10. The first-order valence-corrected chi connectivity index (χ1v) is 8.19. The minimum atomic E-state index is 0.956. The van der Waals surface area contributed by atoms with E-state index in [2.05, 4.69) is 52.8 Å². The third kappa shape index (κ3) is 5.66. The molecule has 1 aromatic heterocycles. The van der Waals surface area contributed by atoms with Crippen molar-refractivity contribution in [3.63, 3.8) is 0 Å². The Bertz CT molecular complexity index is 493. The molecule has 114 valence electrons. The van der Waals surface area contributed by atoms with Crippen LogP contribution in [0.3, 0.4) is 0 Å². The number of aryl methyl sites for hydroxylation is 3. The highest BCUT2D eigenvalue weighted by Gasteiger charge is 2.04. The lowest BCUT2D eigenvalue weighted by atomic mass is 10.1. The van der Waals surface area contributed by atoms with Gasteiger partial charge in [0.1, 0.15) is 0 Å². The topological polar surface area (TPSA) is 43.6 Å². The van der Waals surface area contributed by atoms with E-state index in [1.165, 1.54) is 44.1 Å². The predicted octanol–water partition coefficient (Wildman–Crippen LogP) is 3.82. The second-order valence-electron chi connectivity index (χ2n) is 5.57. The molecule has 0 spiro atoms. The fourth-order valence-corrected chi connectivity index (χ4v) is 2.50. The summed E-state index contributed by atoms with van der Waals surface area (Å²) in [5, 5.41) is 12.0. The second kappa shape index (κ2) is 9.27. The quantitative estimate of drug-likeness (QED) is 0.624. The van der Waals surface area contributed by atoms with Crippen molar-refractivity contribution in [1.29, 1.82) is 0 Å². The highest BCUT2D eigenvalue weighted by molar-refractivity contribution is 5.14. The summed E-state index contributed by atoms with van der Waals surface area (Å²) >= 11 is 0. The first-order valence-electron chi connectivity index (χ1n) is 8.19. The van der Waals surface area contributed by atoms with E-state index in [0.717, 1.165) is 25.2 Å². The van der Waals surface area contributed by atoms with Gasteiger partial charge in [-0.15, -0.1) is 5.10 Å². The monoisotopic (exact) mass is 286 g/mol. The van der Waals surface area contributed by atoms with Crippen LogP contribution in [0.15, 0.2) is 30.3 Å². The Kier molecular flexibility index (Phi) is 6.92. The fourth-order valence-electron chi connectivity index (χ4n) is 2.50. The zero-order valence-electron chi connectivity index (χ0n) is 13.0. The normalized spacial score (nSPS) is 10.9. The molecule has 1 heterocycles. The number of tetrazole rings is 1. The summed E-state index contributed by atoms with van der Waals surface area (Å²) in [4.78, 5) is 0. The number of nitrogens with zero attached hydrogens (tertiary/aromatic N) is 4. The molecule has 0 aliphatic carbocycles. The van der Waals surface area contributed by atoms with E-state index < -0.39 is 0 Å². The largest absolute Gasteiger partial charge is 0.230 e. The van der Waals surface area contributed by atoms with Gasteiger partial charge in [0.25, 0.3) is 0 Å². The Labute approximate surface area is 127 Å². The molecular formula is C17H26N4. The summed E-state index contributed by atoms with van der Waals surface area (Å²) in [5.41, 5.74) is 1.44. The van der Waals surface area contributed by atoms with Gasteiger partial charge in [0.15, 0.2) is 5.82 Å².